The van der Waals surface area contributed by atoms with Crippen LogP contribution in [0.5, 0.6) is 40.2 Å². The number of hydrogen-bond acceptors (Lipinski definition) is 24. The van der Waals surface area contributed by atoms with Crippen molar-refractivity contribution < 1.29 is 114 Å². The number of aliphatic hydroxyl groups is 9. The summed E-state index contributed by atoms with van der Waals surface area (Å²) in [7, 11) is 0. The molecule has 0 spiro atoms. The molecule has 3 fully saturated rings. The molecular formula is C42H46O24. The van der Waals surface area contributed by atoms with Gasteiger partial charge in [-0.15, -0.1) is 0 Å². The molecule has 4 aromatic rings. The lowest BCUT2D eigenvalue weighted by Gasteiger charge is -2.45. The average molecular weight is 935 g/mol. The summed E-state index contributed by atoms with van der Waals surface area (Å²) in [5, 5.41) is 145. The Morgan fingerprint density at radius 3 is 1.95 bits per heavy atom. The molecule has 3 saturated heterocycles. The number of esters is 1. The Bertz CT molecular complexity index is 2470. The smallest absolute Gasteiger partial charge is 0.330 e. The van der Waals surface area contributed by atoms with Crippen LogP contribution in [0, 0.1) is 0 Å². The highest BCUT2D eigenvalue weighted by Gasteiger charge is 2.51. The molecule has 24 heteroatoms. The predicted octanol–water partition coefficient (Wildman–Crippen LogP) is -2.54. The van der Waals surface area contributed by atoms with Gasteiger partial charge in [-0.05, 0) is 48.9 Å². The first-order valence-electron chi connectivity index (χ1n) is 20.0. The van der Waals surface area contributed by atoms with Crippen LogP contribution in [0.2, 0.25) is 0 Å². The van der Waals surface area contributed by atoms with Crippen molar-refractivity contribution >= 4 is 23.0 Å². The quantitative estimate of drug-likeness (QED) is 0.0395. The summed E-state index contributed by atoms with van der Waals surface area (Å²) in [6.45, 7) is -0.220. The third-order valence-electron chi connectivity index (χ3n) is 11.0. The molecule has 0 aliphatic carbocycles. The van der Waals surface area contributed by atoms with E-state index in [1.54, 1.807) is 0 Å². The summed E-state index contributed by atoms with van der Waals surface area (Å²) in [6.07, 6.45) is -24.6. The number of ether oxygens (including phenoxy) is 7. The van der Waals surface area contributed by atoms with Gasteiger partial charge in [0.25, 0.3) is 0 Å². The summed E-state index contributed by atoms with van der Waals surface area (Å²) in [5.41, 5.74) is -1.41. The number of aromatic hydroxyl groups is 5. The number of phenols is 5. The molecule has 0 amide bonds. The molecule has 15 atom stereocenters. The first-order chi connectivity index (χ1) is 31.3. The van der Waals surface area contributed by atoms with Crippen LogP contribution < -0.4 is 14.9 Å². The fourth-order valence-electron chi connectivity index (χ4n) is 7.29. The van der Waals surface area contributed by atoms with E-state index in [0.29, 0.717) is 5.56 Å². The Balaban J connectivity index is 1.15. The second kappa shape index (κ2) is 19.6. The predicted molar refractivity (Wildman–Crippen MR) is 216 cm³/mol. The van der Waals surface area contributed by atoms with Gasteiger partial charge in [0.05, 0.1) is 12.7 Å². The molecule has 15 unspecified atom stereocenters. The van der Waals surface area contributed by atoms with E-state index in [4.69, 9.17) is 37.6 Å². The van der Waals surface area contributed by atoms with Crippen molar-refractivity contribution in [2.75, 3.05) is 13.2 Å². The fraction of sp³-hybridized carbons (Fsp3) is 0.429. The van der Waals surface area contributed by atoms with E-state index >= 15 is 0 Å². The van der Waals surface area contributed by atoms with Gasteiger partial charge >= 0.3 is 5.97 Å². The van der Waals surface area contributed by atoms with E-state index in [2.05, 4.69) is 0 Å². The van der Waals surface area contributed by atoms with Crippen molar-refractivity contribution in [1.82, 2.24) is 0 Å². The van der Waals surface area contributed by atoms with Crippen LogP contribution in [-0.2, 0) is 28.5 Å². The summed E-state index contributed by atoms with van der Waals surface area (Å²) >= 11 is 0. The van der Waals surface area contributed by atoms with Gasteiger partial charge in [0.15, 0.2) is 41.2 Å². The topological polar surface area (TPSA) is 395 Å². The zero-order valence-electron chi connectivity index (χ0n) is 34.2. The molecule has 24 nitrogen and oxygen atoms in total. The van der Waals surface area contributed by atoms with Crippen molar-refractivity contribution in [1.29, 1.82) is 0 Å². The van der Waals surface area contributed by atoms with E-state index in [1.165, 1.54) is 31.2 Å². The van der Waals surface area contributed by atoms with Crippen LogP contribution in [0.1, 0.15) is 12.5 Å². The van der Waals surface area contributed by atoms with Gasteiger partial charge in [-0.2, -0.15) is 0 Å². The lowest BCUT2D eigenvalue weighted by molar-refractivity contribution is -0.355. The summed E-state index contributed by atoms with van der Waals surface area (Å²) < 4.78 is 45.4. The molecule has 66 heavy (non-hydrogen) atoms. The van der Waals surface area contributed by atoms with E-state index in [9.17, 15) is 81.1 Å². The van der Waals surface area contributed by atoms with Gasteiger partial charge in [0.1, 0.15) is 90.1 Å². The first-order valence-corrected chi connectivity index (χ1v) is 20.0. The minimum Gasteiger partial charge on any atom is -0.507 e. The van der Waals surface area contributed by atoms with Crippen LogP contribution in [0.3, 0.4) is 0 Å². The molecule has 0 radical (unpaired) electrons. The van der Waals surface area contributed by atoms with Gasteiger partial charge in [0, 0.05) is 23.8 Å². The Morgan fingerprint density at radius 2 is 1.29 bits per heavy atom. The Hall–Kier alpha value is -5.84. The number of carbonyl (C=O) groups is 1. The van der Waals surface area contributed by atoms with Gasteiger partial charge < -0.3 is 109 Å². The number of phenolic OH excluding ortho intramolecular Hbond substituents is 5. The standard InChI is InChI=1S/C42H46O24/c1-14-28(50)34(56)39(66-41-36(58)33(55)30(52)25(64-41)13-59-26(49)7-3-15-2-5-18(44)20(46)8-15)42(60-14)61-17-10-22(48)27-23(11-17)62-37(16-4-6-19(45)21(47)9-16)38(31(27)53)65-40-35(57)32(54)29(51)24(12-43)63-40/h2-11,14,24-25,28-30,32-36,39-48,50-52,54-58H,12-13H2,1H3. The fourth-order valence-corrected chi connectivity index (χ4v) is 7.29. The molecule has 1 aromatic heterocycles. The largest absolute Gasteiger partial charge is 0.507 e. The second-order valence-corrected chi connectivity index (χ2v) is 15.6. The van der Waals surface area contributed by atoms with Crippen molar-refractivity contribution in [3.05, 3.63) is 70.4 Å². The maximum Gasteiger partial charge on any atom is 0.330 e. The van der Waals surface area contributed by atoms with Crippen molar-refractivity contribution in [3.8, 4) is 51.6 Å². The SMILES string of the molecule is CC1OC(Oc2cc(O)c3c(=O)c(OC4OC(CO)C(O)C(O)C4O)c(-c4ccc(O)c(O)c4)oc3c2)C(OC2OC(COC(=O)C=Cc3ccc(O)c(O)c3)C(O)C(O)C2O)C(O)C1O. The first kappa shape index (κ1) is 48.1. The van der Waals surface area contributed by atoms with Gasteiger partial charge in [0.2, 0.25) is 23.8 Å². The summed E-state index contributed by atoms with van der Waals surface area (Å²) in [5.74, 6) is -5.58. The second-order valence-electron chi connectivity index (χ2n) is 15.6. The highest BCUT2D eigenvalue weighted by Crippen LogP contribution is 2.41. The number of carbonyl (C=O) groups excluding carboxylic acids is 1. The number of rotatable bonds is 12. The minimum atomic E-state index is -2.03. The number of hydrogen-bond donors (Lipinski definition) is 14. The monoisotopic (exact) mass is 934 g/mol. The highest BCUT2D eigenvalue weighted by molar-refractivity contribution is 5.89. The van der Waals surface area contributed by atoms with Gasteiger partial charge in [-0.1, -0.05) is 6.07 Å². The van der Waals surface area contributed by atoms with E-state index in [1.807, 2.05) is 0 Å². The molecule has 7 rings (SSSR count). The maximum atomic E-state index is 14.1. The van der Waals surface area contributed by atoms with Crippen LogP contribution in [-0.4, -0.2) is 183 Å². The van der Waals surface area contributed by atoms with E-state index in [-0.39, 0.29) is 11.3 Å². The van der Waals surface area contributed by atoms with Crippen LogP contribution in [0.25, 0.3) is 28.4 Å². The Morgan fingerprint density at radius 1 is 0.652 bits per heavy atom. The molecule has 3 aromatic carbocycles. The molecule has 0 bridgehead atoms. The molecule has 4 heterocycles. The number of aliphatic hydroxyl groups excluding tert-OH is 9. The van der Waals surface area contributed by atoms with Crippen LogP contribution >= 0.6 is 0 Å². The van der Waals surface area contributed by atoms with Gasteiger partial charge in [-0.3, -0.25) is 4.79 Å². The number of fused-ring (bicyclic) bond motifs is 1. The summed E-state index contributed by atoms with van der Waals surface area (Å²) in [4.78, 5) is 26.6. The van der Waals surface area contributed by atoms with E-state index in [0.717, 1.165) is 36.4 Å². The van der Waals surface area contributed by atoms with Crippen molar-refractivity contribution in [3.63, 3.8) is 0 Å². The molecule has 0 saturated carbocycles. The summed E-state index contributed by atoms with van der Waals surface area (Å²) in [6, 6.07) is 8.84. The zero-order chi connectivity index (χ0) is 47.9. The molecule has 3 aliphatic rings. The third kappa shape index (κ3) is 9.67. The van der Waals surface area contributed by atoms with Crippen LogP contribution in [0.4, 0.5) is 0 Å². The lowest BCUT2D eigenvalue weighted by atomic mass is 9.97. The van der Waals surface area contributed by atoms with Crippen molar-refractivity contribution in [2.24, 2.45) is 0 Å². The Kier molecular flexibility index (Phi) is 14.3. The molecular weight excluding hydrogens is 888 g/mol. The molecule has 358 valence electrons. The lowest BCUT2D eigenvalue weighted by Crippen LogP contribution is -2.64. The van der Waals surface area contributed by atoms with Crippen LogP contribution in [0.15, 0.2) is 63.8 Å². The third-order valence-corrected chi connectivity index (χ3v) is 11.0. The van der Waals surface area contributed by atoms with Gasteiger partial charge in [-0.25, -0.2) is 4.79 Å². The zero-order valence-corrected chi connectivity index (χ0v) is 34.2. The van der Waals surface area contributed by atoms with Crippen molar-refractivity contribution in [2.45, 2.75) is 99.0 Å². The molecule has 3 aliphatic heterocycles. The Labute approximate surface area is 370 Å². The highest BCUT2D eigenvalue weighted by atomic mass is 16.8. The number of benzene rings is 3. The maximum absolute atomic E-state index is 14.1. The molecule has 14 N–H and O–H groups in total. The average Bonchev–Trinajstić information content (AvgIpc) is 3.28. The normalized spacial score (nSPS) is 32.6. The minimum absolute atomic E-state index is 0.136. The van der Waals surface area contributed by atoms with E-state index < -0.39 is 168 Å².